The van der Waals surface area contributed by atoms with Crippen molar-refractivity contribution in [1.82, 2.24) is 0 Å². The number of benzene rings is 4. The molecular weight excluding hydrogens is 396 g/mol. The normalized spacial score (nSPS) is 26.1. The molecule has 0 heteroatoms. The van der Waals surface area contributed by atoms with Crippen molar-refractivity contribution in [2.24, 2.45) is 11.8 Å². The van der Waals surface area contributed by atoms with Crippen LogP contribution in [0.3, 0.4) is 0 Å². The third-order valence-corrected chi connectivity index (χ3v) is 7.16. The molecular formula is C33H28. The van der Waals surface area contributed by atoms with Gasteiger partial charge in [0.1, 0.15) is 0 Å². The maximum absolute atomic E-state index is 8.79. The van der Waals surface area contributed by atoms with E-state index in [1.807, 2.05) is 42.5 Å². The molecule has 0 amide bonds. The minimum Gasteiger partial charge on any atom is -0.0723 e. The first-order valence-electron chi connectivity index (χ1n) is 14.1. The van der Waals surface area contributed by atoms with Crippen molar-refractivity contribution < 1.29 is 6.85 Å². The molecule has 0 saturated carbocycles. The molecule has 33 heavy (non-hydrogen) atoms. The van der Waals surface area contributed by atoms with Crippen molar-refractivity contribution in [1.29, 1.82) is 0 Å². The molecule has 0 spiro atoms. The van der Waals surface area contributed by atoms with Crippen LogP contribution in [0.1, 0.15) is 47.4 Å². The molecule has 2 bridgehead atoms. The molecule has 0 saturated heterocycles. The summed E-state index contributed by atoms with van der Waals surface area (Å²) in [6, 6.07) is 30.1. The molecule has 4 unspecified atom stereocenters. The third kappa shape index (κ3) is 3.76. The van der Waals surface area contributed by atoms with Crippen molar-refractivity contribution >= 4 is 11.1 Å². The molecule has 2 aliphatic carbocycles. The lowest BCUT2D eigenvalue weighted by molar-refractivity contribution is 0.404. The molecule has 0 nitrogen and oxygen atoms in total. The molecule has 4 aromatic rings. The van der Waals surface area contributed by atoms with Gasteiger partial charge in [-0.2, -0.15) is 0 Å². The highest BCUT2D eigenvalue weighted by atomic mass is 14.4. The van der Waals surface area contributed by atoms with Crippen LogP contribution in [0.15, 0.2) is 133 Å². The van der Waals surface area contributed by atoms with Gasteiger partial charge in [-0.3, -0.25) is 0 Å². The maximum Gasteiger partial charge on any atom is 0.0629 e. The van der Waals surface area contributed by atoms with Gasteiger partial charge in [0.2, 0.25) is 0 Å². The predicted molar refractivity (Wildman–Crippen MR) is 139 cm³/mol. The smallest absolute Gasteiger partial charge is 0.0629 e. The van der Waals surface area contributed by atoms with Crippen molar-refractivity contribution in [3.63, 3.8) is 0 Å². The fourth-order valence-electron chi connectivity index (χ4n) is 5.69. The van der Waals surface area contributed by atoms with Crippen molar-refractivity contribution in [3.8, 4) is 0 Å². The molecule has 0 aliphatic heterocycles. The molecule has 0 N–H and O–H groups in total. The largest absolute Gasteiger partial charge is 0.0723 e. The van der Waals surface area contributed by atoms with Crippen LogP contribution in [-0.2, 0) is 0 Å². The minimum atomic E-state index is -0.354. The van der Waals surface area contributed by atoms with Gasteiger partial charge in [0, 0.05) is 11.8 Å². The van der Waals surface area contributed by atoms with Crippen LogP contribution in [-0.4, -0.2) is 0 Å². The van der Waals surface area contributed by atoms with Crippen LogP contribution in [0.5, 0.6) is 0 Å². The molecule has 0 aromatic heterocycles. The Hall–Kier alpha value is -3.64. The third-order valence-electron chi connectivity index (χ3n) is 7.16. The van der Waals surface area contributed by atoms with Crippen LogP contribution in [0.4, 0.5) is 0 Å². The lowest BCUT2D eigenvalue weighted by Gasteiger charge is -2.44. The average molecular weight is 430 g/mol. The molecule has 160 valence electrons. The van der Waals surface area contributed by atoms with Gasteiger partial charge >= 0.3 is 0 Å². The minimum absolute atomic E-state index is 0.0154. The van der Waals surface area contributed by atoms with E-state index in [4.69, 9.17) is 6.85 Å². The second-order valence-electron chi connectivity index (χ2n) is 8.93. The van der Waals surface area contributed by atoms with Gasteiger partial charge in [-0.05, 0) is 51.7 Å². The summed E-state index contributed by atoms with van der Waals surface area (Å²) in [5.41, 5.74) is 6.03. The zero-order valence-corrected chi connectivity index (χ0v) is 18.3. The lowest BCUT2D eigenvalue weighted by Crippen LogP contribution is -2.31. The number of hydrogen-bond acceptors (Lipinski definition) is 0. The van der Waals surface area contributed by atoms with Crippen LogP contribution in [0.25, 0.3) is 11.1 Å². The Morgan fingerprint density at radius 3 is 1.48 bits per heavy atom. The van der Waals surface area contributed by atoms with E-state index in [1.54, 1.807) is 0 Å². The first kappa shape index (κ1) is 15.2. The fraction of sp³-hybridized carbons (Fsp3) is 0.152. The Morgan fingerprint density at radius 1 is 0.515 bits per heavy atom. The summed E-state index contributed by atoms with van der Waals surface area (Å²) >= 11 is 0. The number of fused-ring (bicyclic) bond motifs is 2. The van der Waals surface area contributed by atoms with E-state index in [1.165, 1.54) is 22.3 Å². The van der Waals surface area contributed by atoms with Gasteiger partial charge in [-0.15, -0.1) is 0 Å². The summed E-state index contributed by atoms with van der Waals surface area (Å²) < 4.78 is 42.4. The van der Waals surface area contributed by atoms with Gasteiger partial charge in [-0.1, -0.05) is 133 Å². The highest BCUT2D eigenvalue weighted by molar-refractivity contribution is 5.79. The second-order valence-corrected chi connectivity index (χ2v) is 8.93. The molecule has 4 atom stereocenters. The van der Waals surface area contributed by atoms with E-state index < -0.39 is 0 Å². The van der Waals surface area contributed by atoms with E-state index in [-0.39, 0.29) is 53.9 Å². The number of rotatable bonds is 4. The van der Waals surface area contributed by atoms with E-state index in [0.29, 0.717) is 5.56 Å². The lowest BCUT2D eigenvalue weighted by atomic mass is 9.59. The molecule has 6 rings (SSSR count). The zero-order valence-electron chi connectivity index (χ0n) is 23.3. The summed E-state index contributed by atoms with van der Waals surface area (Å²) in [5.74, 6) is 0.226. The average Bonchev–Trinajstić information content (AvgIpc) is 2.97. The van der Waals surface area contributed by atoms with Gasteiger partial charge in [-0.25, -0.2) is 0 Å². The zero-order chi connectivity index (χ0) is 26.4. The van der Waals surface area contributed by atoms with E-state index in [0.717, 1.165) is 12.0 Å². The highest BCUT2D eigenvalue weighted by Crippen LogP contribution is 2.56. The van der Waals surface area contributed by atoms with Crippen LogP contribution >= 0.6 is 0 Å². The Bertz CT molecular complexity index is 1510. The summed E-state index contributed by atoms with van der Waals surface area (Å²) in [7, 11) is 0. The molecule has 0 radical (unpaired) electrons. The quantitative estimate of drug-likeness (QED) is 0.306. The first-order chi connectivity index (χ1) is 18.5. The highest BCUT2D eigenvalue weighted by Gasteiger charge is 2.41. The summed E-state index contributed by atoms with van der Waals surface area (Å²) in [6.45, 7) is 0. The Kier molecular flexibility index (Phi) is 4.02. The van der Waals surface area contributed by atoms with Gasteiger partial charge < -0.3 is 0 Å². The van der Waals surface area contributed by atoms with E-state index >= 15 is 0 Å². The second kappa shape index (κ2) is 8.71. The van der Waals surface area contributed by atoms with Crippen molar-refractivity contribution in [2.45, 2.75) is 18.3 Å². The van der Waals surface area contributed by atoms with Crippen LogP contribution < -0.4 is 0 Å². The Labute approximate surface area is 204 Å². The van der Waals surface area contributed by atoms with E-state index in [2.05, 4.69) is 60.7 Å². The van der Waals surface area contributed by atoms with Gasteiger partial charge in [0.15, 0.2) is 0 Å². The first-order valence-corrected chi connectivity index (χ1v) is 11.6. The summed E-state index contributed by atoms with van der Waals surface area (Å²) in [4.78, 5) is 0. The fourth-order valence-corrected chi connectivity index (χ4v) is 5.69. The van der Waals surface area contributed by atoms with Gasteiger partial charge in [0.05, 0.1) is 6.85 Å². The summed E-state index contributed by atoms with van der Waals surface area (Å²) in [5, 5.41) is 0. The molecule has 2 aliphatic rings. The maximum atomic E-state index is 8.79. The Balaban J connectivity index is 1.62. The number of hydrogen-bond donors (Lipinski definition) is 0. The van der Waals surface area contributed by atoms with E-state index in [9.17, 15) is 0 Å². The molecule has 0 fully saturated rings. The standard InChI is InChI=1S/C33H28/c1-5-13-24(14-6-1)28-21-29(25-15-7-2-8-16-25)33-23-32(28)30(26-17-9-3-10-18-26)22-31(33)27-19-11-4-12-20-27/h1-22,28,31-33H,23H2/i2D,7D,8D,15D,16D. The van der Waals surface area contributed by atoms with Crippen molar-refractivity contribution in [3.05, 3.63) is 156 Å². The topological polar surface area (TPSA) is 0 Å². The SMILES string of the molecule is [2H]c1c([2H])c([2H])c(C2=CC(c3ccccc3)C3CC2C(c2ccccc2)C=C3c2ccccc2)c([2H])c1[2H]. The van der Waals surface area contributed by atoms with Crippen LogP contribution in [0, 0.1) is 11.8 Å². The Morgan fingerprint density at radius 2 is 0.970 bits per heavy atom. The monoisotopic (exact) mass is 429 g/mol. The van der Waals surface area contributed by atoms with Gasteiger partial charge in [0.25, 0.3) is 0 Å². The number of allylic oxidation sites excluding steroid dienone is 4. The van der Waals surface area contributed by atoms with Crippen molar-refractivity contribution in [2.75, 3.05) is 0 Å². The predicted octanol–water partition coefficient (Wildman–Crippen LogP) is 8.37. The summed E-state index contributed by atoms with van der Waals surface area (Å²) in [6.07, 6.45) is 5.41. The molecule has 0 heterocycles. The molecule has 4 aromatic carbocycles. The van der Waals surface area contributed by atoms with Crippen LogP contribution in [0.2, 0.25) is 0 Å².